The molecular weight excluding hydrogens is 244 g/mol. The predicted molar refractivity (Wildman–Crippen MR) is 63.2 cm³/mol. The van der Waals surface area contributed by atoms with Gasteiger partial charge in [-0.25, -0.2) is 8.78 Å². The molecule has 8 heteroatoms. The summed E-state index contributed by atoms with van der Waals surface area (Å²) in [5, 5.41) is 9.78. The van der Waals surface area contributed by atoms with Gasteiger partial charge in [-0.05, 0) is 6.92 Å². The van der Waals surface area contributed by atoms with Crippen molar-refractivity contribution in [3.63, 3.8) is 0 Å². The molecule has 0 atom stereocenters. The van der Waals surface area contributed by atoms with Gasteiger partial charge in [0.2, 0.25) is 11.8 Å². The zero-order chi connectivity index (χ0) is 13.9. The molecule has 0 fully saturated rings. The van der Waals surface area contributed by atoms with Crippen LogP contribution >= 0.6 is 0 Å². The summed E-state index contributed by atoms with van der Waals surface area (Å²) in [6, 6.07) is 0. The van der Waals surface area contributed by atoms with Crippen LogP contribution in [0.25, 0.3) is 0 Å². The first-order valence-corrected chi connectivity index (χ1v) is 5.36. The van der Waals surface area contributed by atoms with Gasteiger partial charge in [0.25, 0.3) is 5.91 Å². The summed E-state index contributed by atoms with van der Waals surface area (Å²) in [6.45, 7) is -0.699. The predicted octanol–water partition coefficient (Wildman–Crippen LogP) is 0.309. The lowest BCUT2D eigenvalue weighted by atomic mass is 10.1. The standard InChI is InChI=1S/C10H17F2N5O/c1-10(5-11,6-12)13-8(18)7-14-15-9(16(2)3)17(7)4/h5-6H2,1-4H3,(H,13,18). The molecule has 0 radical (unpaired) electrons. The third-order valence-electron chi connectivity index (χ3n) is 2.46. The Kier molecular flexibility index (Phi) is 4.20. The molecule has 0 aromatic carbocycles. The summed E-state index contributed by atoms with van der Waals surface area (Å²) in [6.07, 6.45) is 0. The average Bonchev–Trinajstić information content (AvgIpc) is 2.71. The number of carbonyl (C=O) groups is 1. The van der Waals surface area contributed by atoms with E-state index in [4.69, 9.17) is 0 Å². The Morgan fingerprint density at radius 1 is 1.39 bits per heavy atom. The lowest BCUT2D eigenvalue weighted by Gasteiger charge is -2.23. The number of hydrogen-bond acceptors (Lipinski definition) is 4. The number of anilines is 1. The molecule has 102 valence electrons. The van der Waals surface area contributed by atoms with Gasteiger partial charge in [0.05, 0.1) is 5.54 Å². The second-order valence-electron chi connectivity index (χ2n) is 4.56. The van der Waals surface area contributed by atoms with E-state index < -0.39 is 24.8 Å². The summed E-state index contributed by atoms with van der Waals surface area (Å²) < 4.78 is 26.7. The van der Waals surface area contributed by atoms with Crippen LogP contribution in [-0.2, 0) is 7.05 Å². The quantitative estimate of drug-likeness (QED) is 0.828. The molecule has 0 bridgehead atoms. The first-order valence-electron chi connectivity index (χ1n) is 5.36. The van der Waals surface area contributed by atoms with Crippen LogP contribution in [0, 0.1) is 0 Å². The number of aromatic nitrogens is 3. The third-order valence-corrected chi connectivity index (χ3v) is 2.46. The number of carbonyl (C=O) groups excluding carboxylic acids is 1. The highest BCUT2D eigenvalue weighted by Crippen LogP contribution is 2.11. The fourth-order valence-electron chi connectivity index (χ4n) is 1.34. The number of hydrogen-bond donors (Lipinski definition) is 1. The van der Waals surface area contributed by atoms with Gasteiger partial charge in [-0.3, -0.25) is 9.36 Å². The van der Waals surface area contributed by atoms with Crippen LogP contribution in [0.1, 0.15) is 17.5 Å². The summed E-state index contributed by atoms with van der Waals surface area (Å²) in [5.74, 6) is -0.176. The summed E-state index contributed by atoms with van der Waals surface area (Å²) in [4.78, 5) is 13.5. The molecule has 1 amide bonds. The molecule has 0 saturated carbocycles. The van der Waals surface area contributed by atoms with Crippen LogP contribution in [0.3, 0.4) is 0 Å². The van der Waals surface area contributed by atoms with Gasteiger partial charge in [0.1, 0.15) is 13.3 Å². The van der Waals surface area contributed by atoms with Gasteiger partial charge >= 0.3 is 0 Å². The van der Waals surface area contributed by atoms with Gasteiger partial charge in [-0.1, -0.05) is 0 Å². The number of nitrogens with zero attached hydrogens (tertiary/aromatic N) is 4. The van der Waals surface area contributed by atoms with Gasteiger partial charge in [-0.15, -0.1) is 10.2 Å². The number of amides is 1. The molecule has 0 unspecified atom stereocenters. The fourth-order valence-corrected chi connectivity index (χ4v) is 1.34. The molecular formula is C10H17F2N5O. The SMILES string of the molecule is CN(C)c1nnc(C(=O)NC(C)(CF)CF)n1C. The summed E-state index contributed by atoms with van der Waals surface area (Å²) in [5.41, 5.74) is -1.53. The first kappa shape index (κ1) is 14.3. The maximum absolute atomic E-state index is 12.6. The minimum atomic E-state index is -1.53. The van der Waals surface area contributed by atoms with Crippen molar-refractivity contribution in [1.82, 2.24) is 20.1 Å². The van der Waals surface area contributed by atoms with E-state index in [1.54, 1.807) is 26.0 Å². The third kappa shape index (κ3) is 2.74. The average molecular weight is 261 g/mol. The molecule has 1 aromatic rings. The van der Waals surface area contributed by atoms with Crippen molar-refractivity contribution in [3.8, 4) is 0 Å². The van der Waals surface area contributed by atoms with Crippen LogP contribution in [0.2, 0.25) is 0 Å². The molecule has 1 aromatic heterocycles. The lowest BCUT2D eigenvalue weighted by Crippen LogP contribution is -2.50. The van der Waals surface area contributed by atoms with Gasteiger partial charge < -0.3 is 10.2 Å². The molecule has 1 heterocycles. The van der Waals surface area contributed by atoms with Crippen LogP contribution in [0.4, 0.5) is 14.7 Å². The molecule has 0 spiro atoms. The molecule has 6 nitrogen and oxygen atoms in total. The van der Waals surface area contributed by atoms with Crippen molar-refractivity contribution < 1.29 is 13.6 Å². The largest absolute Gasteiger partial charge is 0.347 e. The highest BCUT2D eigenvalue weighted by Gasteiger charge is 2.29. The van der Waals surface area contributed by atoms with Crippen LogP contribution in [0.5, 0.6) is 0 Å². The minimum absolute atomic E-state index is 0.00632. The maximum atomic E-state index is 12.6. The van der Waals surface area contributed by atoms with Crippen molar-refractivity contribution >= 4 is 11.9 Å². The summed E-state index contributed by atoms with van der Waals surface area (Å²) in [7, 11) is 5.10. The van der Waals surface area contributed by atoms with E-state index in [0.717, 1.165) is 0 Å². The monoisotopic (exact) mass is 261 g/mol. The van der Waals surface area contributed by atoms with Gasteiger partial charge in [0, 0.05) is 21.1 Å². The smallest absolute Gasteiger partial charge is 0.289 e. The maximum Gasteiger partial charge on any atom is 0.289 e. The van der Waals surface area contributed by atoms with E-state index in [0.29, 0.717) is 5.95 Å². The van der Waals surface area contributed by atoms with Crippen molar-refractivity contribution in [3.05, 3.63) is 5.82 Å². The Labute approximate surface area is 104 Å². The number of nitrogens with one attached hydrogen (secondary N) is 1. The Morgan fingerprint density at radius 3 is 2.33 bits per heavy atom. The molecule has 0 aliphatic rings. The Bertz CT molecular complexity index is 428. The first-order chi connectivity index (χ1) is 8.34. The van der Waals surface area contributed by atoms with Crippen LogP contribution < -0.4 is 10.2 Å². The second kappa shape index (κ2) is 5.28. The number of rotatable bonds is 5. The Morgan fingerprint density at radius 2 is 1.94 bits per heavy atom. The Hall–Kier alpha value is -1.73. The number of halogens is 2. The zero-order valence-electron chi connectivity index (χ0n) is 10.9. The van der Waals surface area contributed by atoms with E-state index in [1.165, 1.54) is 11.5 Å². The highest BCUT2D eigenvalue weighted by molar-refractivity contribution is 5.91. The minimum Gasteiger partial charge on any atom is -0.347 e. The van der Waals surface area contributed by atoms with Crippen LogP contribution in [0.15, 0.2) is 0 Å². The highest BCUT2D eigenvalue weighted by atomic mass is 19.1. The molecule has 0 saturated heterocycles. The Balaban J connectivity index is 2.92. The summed E-state index contributed by atoms with van der Waals surface area (Å²) >= 11 is 0. The van der Waals surface area contributed by atoms with E-state index in [9.17, 15) is 13.6 Å². The molecule has 0 aliphatic heterocycles. The zero-order valence-corrected chi connectivity index (χ0v) is 10.9. The van der Waals surface area contributed by atoms with E-state index in [1.807, 2.05) is 0 Å². The molecule has 1 rings (SSSR count). The van der Waals surface area contributed by atoms with Gasteiger partial charge in [-0.2, -0.15) is 0 Å². The molecule has 0 aliphatic carbocycles. The second-order valence-corrected chi connectivity index (χ2v) is 4.56. The van der Waals surface area contributed by atoms with E-state index >= 15 is 0 Å². The van der Waals surface area contributed by atoms with Crippen molar-refractivity contribution in [2.45, 2.75) is 12.5 Å². The normalized spacial score (nSPS) is 11.4. The van der Waals surface area contributed by atoms with Crippen molar-refractivity contribution in [1.29, 1.82) is 0 Å². The van der Waals surface area contributed by atoms with Crippen molar-refractivity contribution in [2.24, 2.45) is 7.05 Å². The van der Waals surface area contributed by atoms with Gasteiger partial charge in [0.15, 0.2) is 0 Å². The molecule has 18 heavy (non-hydrogen) atoms. The lowest BCUT2D eigenvalue weighted by molar-refractivity contribution is 0.0853. The fraction of sp³-hybridized carbons (Fsp3) is 0.700. The number of alkyl halides is 2. The van der Waals surface area contributed by atoms with Crippen LogP contribution in [-0.4, -0.2) is 53.7 Å². The van der Waals surface area contributed by atoms with E-state index in [-0.39, 0.29) is 5.82 Å². The topological polar surface area (TPSA) is 63.1 Å². The van der Waals surface area contributed by atoms with E-state index in [2.05, 4.69) is 15.5 Å². The van der Waals surface area contributed by atoms with Crippen molar-refractivity contribution in [2.75, 3.05) is 32.3 Å². The molecule has 1 N–H and O–H groups in total.